The minimum atomic E-state index is 0.724. The van der Waals surface area contributed by atoms with E-state index in [1.54, 1.807) is 25.6 Å². The molecule has 2 rings (SSSR count). The molecule has 0 amide bonds. The molecular weight excluding hydrogens is 274 g/mol. The summed E-state index contributed by atoms with van der Waals surface area (Å²) in [6, 6.07) is 0.742. The Morgan fingerprint density at radius 2 is 2.10 bits per heavy atom. The molecule has 1 aliphatic rings. The summed E-state index contributed by atoms with van der Waals surface area (Å²) in [5.74, 6) is 0. The van der Waals surface area contributed by atoms with Crippen LogP contribution in [0.2, 0.25) is 0 Å². The van der Waals surface area contributed by atoms with Crippen molar-refractivity contribution in [2.24, 2.45) is 0 Å². The molecule has 0 atom stereocenters. The van der Waals surface area contributed by atoms with Crippen LogP contribution < -0.4 is 10.2 Å². The molecule has 5 nitrogen and oxygen atoms in total. The number of hydrogen-bond acceptors (Lipinski definition) is 6. The van der Waals surface area contributed by atoms with Crippen molar-refractivity contribution >= 4 is 16.5 Å². The Labute approximate surface area is 125 Å². The molecule has 0 unspecified atom stereocenters. The van der Waals surface area contributed by atoms with E-state index in [-0.39, 0.29) is 0 Å². The molecule has 6 heteroatoms. The van der Waals surface area contributed by atoms with Gasteiger partial charge in [-0.25, -0.2) is 4.98 Å². The molecule has 1 aromatic rings. The van der Waals surface area contributed by atoms with Gasteiger partial charge in [0.1, 0.15) is 0 Å². The Hall–Kier alpha value is -0.690. The van der Waals surface area contributed by atoms with Crippen molar-refractivity contribution in [2.45, 2.75) is 31.8 Å². The summed E-state index contributed by atoms with van der Waals surface area (Å²) < 4.78 is 10.3. The Kier molecular flexibility index (Phi) is 6.72. The Morgan fingerprint density at radius 1 is 1.30 bits per heavy atom. The van der Waals surface area contributed by atoms with Gasteiger partial charge in [-0.2, -0.15) is 0 Å². The first-order valence-corrected chi connectivity index (χ1v) is 8.06. The summed E-state index contributed by atoms with van der Waals surface area (Å²) in [4.78, 5) is 8.15. The van der Waals surface area contributed by atoms with Crippen LogP contribution in [0, 0.1) is 0 Å². The molecule has 20 heavy (non-hydrogen) atoms. The zero-order valence-corrected chi connectivity index (χ0v) is 13.2. The van der Waals surface area contributed by atoms with Crippen molar-refractivity contribution < 1.29 is 9.47 Å². The number of hydrogen-bond donors (Lipinski definition) is 1. The second kappa shape index (κ2) is 8.56. The number of methoxy groups -OCH3 is 2. The highest BCUT2D eigenvalue weighted by Crippen LogP contribution is 2.24. The Bertz CT molecular complexity index is 382. The highest BCUT2D eigenvalue weighted by Gasteiger charge is 2.20. The number of rotatable bonds is 11. The first kappa shape index (κ1) is 15.7. The van der Waals surface area contributed by atoms with Crippen LogP contribution in [-0.4, -0.2) is 51.5 Å². The molecule has 0 radical (unpaired) electrons. The summed E-state index contributed by atoms with van der Waals surface area (Å²) in [7, 11) is 3.48. The highest BCUT2D eigenvalue weighted by molar-refractivity contribution is 7.15. The van der Waals surface area contributed by atoms with E-state index in [0.717, 1.165) is 50.4 Å². The summed E-state index contributed by atoms with van der Waals surface area (Å²) in [5, 5.41) is 4.62. The molecule has 1 aliphatic carbocycles. The average molecular weight is 299 g/mol. The molecule has 114 valence electrons. The predicted molar refractivity (Wildman–Crippen MR) is 82.6 cm³/mol. The van der Waals surface area contributed by atoms with Crippen LogP contribution >= 0.6 is 11.3 Å². The third-order valence-electron chi connectivity index (χ3n) is 3.30. The summed E-state index contributed by atoms with van der Waals surface area (Å²) in [6.45, 7) is 4.29. The first-order valence-electron chi connectivity index (χ1n) is 7.24. The zero-order valence-electron chi connectivity index (χ0n) is 12.4. The molecule has 0 saturated heterocycles. The maximum Gasteiger partial charge on any atom is 0.185 e. The van der Waals surface area contributed by atoms with Crippen molar-refractivity contribution in [1.82, 2.24) is 10.3 Å². The molecule has 1 heterocycles. The van der Waals surface area contributed by atoms with Gasteiger partial charge in [-0.15, -0.1) is 11.3 Å². The number of nitrogens with one attached hydrogen (secondary N) is 1. The highest BCUT2D eigenvalue weighted by atomic mass is 32.1. The Morgan fingerprint density at radius 3 is 2.80 bits per heavy atom. The minimum Gasteiger partial charge on any atom is -0.385 e. The van der Waals surface area contributed by atoms with E-state index in [2.05, 4.69) is 15.2 Å². The van der Waals surface area contributed by atoms with Gasteiger partial charge in [-0.3, -0.25) is 0 Å². The van der Waals surface area contributed by atoms with Crippen molar-refractivity contribution in [2.75, 3.05) is 45.4 Å². The topological polar surface area (TPSA) is 46.6 Å². The van der Waals surface area contributed by atoms with E-state index in [1.807, 2.05) is 6.20 Å². The average Bonchev–Trinajstić information content (AvgIpc) is 3.18. The fourth-order valence-corrected chi connectivity index (χ4v) is 2.87. The van der Waals surface area contributed by atoms with Gasteiger partial charge in [0, 0.05) is 57.6 Å². The quantitative estimate of drug-likeness (QED) is 0.632. The predicted octanol–water partition coefficient (Wildman–Crippen LogP) is 1.88. The van der Waals surface area contributed by atoms with Crippen molar-refractivity contribution in [1.29, 1.82) is 0 Å². The van der Waals surface area contributed by atoms with E-state index >= 15 is 0 Å². The van der Waals surface area contributed by atoms with Crippen LogP contribution in [0.1, 0.15) is 24.1 Å². The van der Waals surface area contributed by atoms with Gasteiger partial charge in [-0.1, -0.05) is 0 Å². The van der Waals surface area contributed by atoms with Crippen LogP contribution in [0.25, 0.3) is 0 Å². The second-order valence-electron chi connectivity index (χ2n) is 5.09. The zero-order chi connectivity index (χ0) is 14.2. The third-order valence-corrected chi connectivity index (χ3v) is 4.35. The fraction of sp³-hybridized carbons (Fsp3) is 0.786. The molecule has 0 bridgehead atoms. The van der Waals surface area contributed by atoms with Crippen molar-refractivity contribution in [3.8, 4) is 0 Å². The van der Waals surface area contributed by atoms with Gasteiger partial charge in [-0.05, 0) is 19.3 Å². The summed E-state index contributed by atoms with van der Waals surface area (Å²) in [5.41, 5.74) is 0. The molecule has 0 spiro atoms. The van der Waals surface area contributed by atoms with Crippen LogP contribution in [-0.2, 0) is 16.0 Å². The number of thiazole rings is 1. The van der Waals surface area contributed by atoms with E-state index in [0.29, 0.717) is 0 Å². The number of aromatic nitrogens is 1. The van der Waals surface area contributed by atoms with E-state index in [4.69, 9.17) is 9.47 Å². The maximum atomic E-state index is 5.19. The van der Waals surface area contributed by atoms with Gasteiger partial charge in [0.05, 0.1) is 6.61 Å². The maximum absolute atomic E-state index is 5.19. The number of nitrogens with zero attached hydrogens (tertiary/aromatic N) is 2. The van der Waals surface area contributed by atoms with Crippen LogP contribution in [0.15, 0.2) is 6.20 Å². The summed E-state index contributed by atoms with van der Waals surface area (Å²) >= 11 is 1.78. The van der Waals surface area contributed by atoms with Gasteiger partial charge in [0.15, 0.2) is 5.13 Å². The largest absolute Gasteiger partial charge is 0.385 e. The standard InChI is InChI=1S/C14H25N3O2S/c1-18-8-3-6-17(7-9-19-2)14-16-11-13(20-14)10-15-12-4-5-12/h11-12,15H,3-10H2,1-2H3. The van der Waals surface area contributed by atoms with E-state index in [1.165, 1.54) is 17.7 Å². The van der Waals surface area contributed by atoms with E-state index < -0.39 is 0 Å². The lowest BCUT2D eigenvalue weighted by molar-refractivity contribution is 0.191. The summed E-state index contributed by atoms with van der Waals surface area (Å²) in [6.07, 6.45) is 5.65. The monoisotopic (exact) mass is 299 g/mol. The molecule has 1 fully saturated rings. The van der Waals surface area contributed by atoms with Gasteiger partial charge in [0.2, 0.25) is 0 Å². The normalized spacial score (nSPS) is 14.7. The van der Waals surface area contributed by atoms with Crippen molar-refractivity contribution in [3.05, 3.63) is 11.1 Å². The van der Waals surface area contributed by atoms with Gasteiger partial charge < -0.3 is 19.7 Å². The Balaban J connectivity index is 1.84. The number of anilines is 1. The van der Waals surface area contributed by atoms with Crippen LogP contribution in [0.4, 0.5) is 5.13 Å². The molecule has 0 aromatic carbocycles. The fourth-order valence-electron chi connectivity index (χ4n) is 1.96. The lowest BCUT2D eigenvalue weighted by Crippen LogP contribution is -2.28. The first-order chi connectivity index (χ1) is 9.83. The molecule has 1 N–H and O–H groups in total. The number of ether oxygens (including phenoxy) is 2. The third kappa shape index (κ3) is 5.36. The van der Waals surface area contributed by atoms with E-state index in [9.17, 15) is 0 Å². The van der Waals surface area contributed by atoms with Crippen LogP contribution in [0.5, 0.6) is 0 Å². The minimum absolute atomic E-state index is 0.724. The SMILES string of the molecule is COCCCN(CCOC)c1ncc(CNC2CC2)s1. The lowest BCUT2D eigenvalue weighted by Gasteiger charge is -2.21. The van der Waals surface area contributed by atoms with Crippen molar-refractivity contribution in [3.63, 3.8) is 0 Å². The molecular formula is C14H25N3O2S. The smallest absolute Gasteiger partial charge is 0.185 e. The molecule has 1 aromatic heterocycles. The lowest BCUT2D eigenvalue weighted by atomic mass is 10.4. The van der Waals surface area contributed by atoms with Gasteiger partial charge >= 0.3 is 0 Å². The molecule has 0 aliphatic heterocycles. The second-order valence-corrected chi connectivity index (χ2v) is 6.18. The van der Waals surface area contributed by atoms with Gasteiger partial charge in [0.25, 0.3) is 0 Å². The van der Waals surface area contributed by atoms with Crippen LogP contribution in [0.3, 0.4) is 0 Å². The molecule has 1 saturated carbocycles.